The van der Waals surface area contributed by atoms with E-state index >= 15 is 0 Å². The van der Waals surface area contributed by atoms with E-state index in [1.807, 2.05) is 134 Å². The zero-order chi connectivity index (χ0) is 36.9. The fourth-order valence-corrected chi connectivity index (χ4v) is 6.51. The average Bonchev–Trinajstić information content (AvgIpc) is 3.62. The van der Waals surface area contributed by atoms with E-state index in [-0.39, 0.29) is 17.6 Å². The van der Waals surface area contributed by atoms with Gasteiger partial charge < -0.3 is 0 Å². The SMILES string of the molecule is [2H]c1c([2H])c([2H])c(-c2cc(-c3cccc(-c4nc5ccccn5c4-c4ccccc4)c3)cc(-c3nnc(-c4ccccc4)c4ccccc34)c2)c([2H])c1[2H]. The van der Waals surface area contributed by atoms with Crippen molar-refractivity contribution in [2.45, 2.75) is 0 Å². The molecule has 0 aliphatic heterocycles. The second-order valence-electron chi connectivity index (χ2n) is 11.8. The average molecular weight is 632 g/mol. The molecular weight excluding hydrogens is 597 g/mol. The van der Waals surface area contributed by atoms with E-state index in [2.05, 4.69) is 22.6 Å². The molecule has 4 nitrogen and oxygen atoms in total. The van der Waals surface area contributed by atoms with Gasteiger partial charge in [-0.2, -0.15) is 0 Å². The van der Waals surface area contributed by atoms with Crippen LogP contribution in [0.15, 0.2) is 182 Å². The zero-order valence-electron chi connectivity index (χ0n) is 31.2. The van der Waals surface area contributed by atoms with Gasteiger partial charge in [0.25, 0.3) is 0 Å². The fourth-order valence-electron chi connectivity index (χ4n) is 6.51. The van der Waals surface area contributed by atoms with Crippen LogP contribution in [0.5, 0.6) is 0 Å². The first-order chi connectivity index (χ1) is 26.4. The molecule has 0 spiro atoms. The Kier molecular flexibility index (Phi) is 5.87. The molecule has 0 saturated heterocycles. The predicted molar refractivity (Wildman–Crippen MR) is 201 cm³/mol. The molecule has 0 aliphatic rings. The first-order valence-corrected chi connectivity index (χ1v) is 16.0. The van der Waals surface area contributed by atoms with E-state index in [1.54, 1.807) is 0 Å². The van der Waals surface area contributed by atoms with Crippen LogP contribution < -0.4 is 0 Å². The molecule has 0 aliphatic carbocycles. The number of benzene rings is 6. The maximum atomic E-state index is 8.87. The van der Waals surface area contributed by atoms with Gasteiger partial charge in [0, 0.05) is 39.2 Å². The molecule has 230 valence electrons. The van der Waals surface area contributed by atoms with Crippen LogP contribution in [-0.2, 0) is 0 Å². The molecule has 4 heteroatoms. The van der Waals surface area contributed by atoms with Gasteiger partial charge in [0.2, 0.25) is 0 Å². The highest BCUT2D eigenvalue weighted by Crippen LogP contribution is 2.39. The smallest absolute Gasteiger partial charge is 0.137 e. The molecule has 3 heterocycles. The first-order valence-electron chi connectivity index (χ1n) is 18.5. The summed E-state index contributed by atoms with van der Waals surface area (Å²) in [6.07, 6.45) is 2.02. The van der Waals surface area contributed by atoms with Gasteiger partial charge in [0.1, 0.15) is 17.0 Å². The molecule has 6 aromatic carbocycles. The number of pyridine rings is 1. The Bertz CT molecular complexity index is 2860. The van der Waals surface area contributed by atoms with E-state index < -0.39 is 18.1 Å². The predicted octanol–water partition coefficient (Wildman–Crippen LogP) is 11.3. The molecule has 3 aromatic heterocycles. The van der Waals surface area contributed by atoms with Crippen molar-refractivity contribution in [3.05, 3.63) is 182 Å². The highest BCUT2D eigenvalue weighted by molar-refractivity contribution is 6.02. The van der Waals surface area contributed by atoms with Crippen LogP contribution in [-0.4, -0.2) is 19.6 Å². The van der Waals surface area contributed by atoms with Crippen molar-refractivity contribution in [1.82, 2.24) is 19.6 Å². The van der Waals surface area contributed by atoms with Crippen molar-refractivity contribution in [1.29, 1.82) is 0 Å². The lowest BCUT2D eigenvalue weighted by atomic mass is 9.92. The normalized spacial score (nSPS) is 12.7. The van der Waals surface area contributed by atoms with Crippen molar-refractivity contribution < 1.29 is 6.85 Å². The third kappa shape index (κ3) is 5.26. The number of hydrogen-bond donors (Lipinski definition) is 0. The van der Waals surface area contributed by atoms with Crippen LogP contribution in [0.2, 0.25) is 0 Å². The molecular formula is C45H30N4. The van der Waals surface area contributed by atoms with Crippen molar-refractivity contribution in [2.24, 2.45) is 0 Å². The Morgan fingerprint density at radius 2 is 0.959 bits per heavy atom. The Labute approximate surface area is 291 Å². The monoisotopic (exact) mass is 631 g/mol. The summed E-state index contributed by atoms with van der Waals surface area (Å²) in [7, 11) is 0. The van der Waals surface area contributed by atoms with E-state index in [9.17, 15) is 0 Å². The van der Waals surface area contributed by atoms with Crippen molar-refractivity contribution in [2.75, 3.05) is 0 Å². The second-order valence-corrected chi connectivity index (χ2v) is 11.8. The van der Waals surface area contributed by atoms with Crippen LogP contribution in [0.3, 0.4) is 0 Å². The number of hydrogen-bond acceptors (Lipinski definition) is 3. The molecule has 49 heavy (non-hydrogen) atoms. The van der Waals surface area contributed by atoms with Crippen LogP contribution in [0, 0.1) is 0 Å². The van der Waals surface area contributed by atoms with Crippen molar-refractivity contribution in [3.63, 3.8) is 0 Å². The summed E-state index contributed by atoms with van der Waals surface area (Å²) in [5, 5.41) is 11.3. The van der Waals surface area contributed by atoms with Crippen molar-refractivity contribution in [3.8, 4) is 67.3 Å². The lowest BCUT2D eigenvalue weighted by Crippen LogP contribution is -1.96. The minimum Gasteiger partial charge on any atom is -0.299 e. The second kappa shape index (κ2) is 12.2. The minimum absolute atomic E-state index is 0.116. The largest absolute Gasteiger partial charge is 0.299 e. The van der Waals surface area contributed by atoms with Gasteiger partial charge in [0.15, 0.2) is 0 Å². The highest BCUT2D eigenvalue weighted by atomic mass is 15.1. The van der Waals surface area contributed by atoms with Gasteiger partial charge in [-0.1, -0.05) is 139 Å². The zero-order valence-corrected chi connectivity index (χ0v) is 26.2. The molecule has 0 radical (unpaired) electrons. The summed E-state index contributed by atoms with van der Waals surface area (Å²) < 4.78 is 45.0. The van der Waals surface area contributed by atoms with Gasteiger partial charge >= 0.3 is 0 Å². The molecule has 0 N–H and O–H groups in total. The number of aromatic nitrogens is 4. The van der Waals surface area contributed by atoms with Crippen LogP contribution in [0.25, 0.3) is 83.7 Å². The molecule has 9 rings (SSSR count). The van der Waals surface area contributed by atoms with Crippen LogP contribution in [0.4, 0.5) is 0 Å². The van der Waals surface area contributed by atoms with Gasteiger partial charge in [-0.3, -0.25) is 4.40 Å². The topological polar surface area (TPSA) is 43.1 Å². The Morgan fingerprint density at radius 1 is 0.408 bits per heavy atom. The number of fused-ring (bicyclic) bond motifs is 2. The standard InChI is InChI=1S/C45H30N4/c1-4-15-31(16-5-1)36-28-37(30-38(29-36)43-40-24-11-10-23-39(40)42(47-48-43)32-17-6-2-7-18-32)34-21-14-22-35(27-34)44-45(33-19-8-3-9-20-33)49-26-13-12-25-41(49)46-44/h1-30H/i1D,4D,5D,15D,16D. The van der Waals surface area contributed by atoms with Crippen LogP contribution >= 0.6 is 0 Å². The Balaban J connectivity index is 1.28. The summed E-state index contributed by atoms with van der Waals surface area (Å²) in [5.41, 5.74) is 9.79. The quantitative estimate of drug-likeness (QED) is 0.183. The summed E-state index contributed by atoms with van der Waals surface area (Å²) in [6, 6.07) is 46.1. The summed E-state index contributed by atoms with van der Waals surface area (Å²) in [6.45, 7) is 0. The lowest BCUT2D eigenvalue weighted by molar-refractivity contribution is 1.06. The highest BCUT2D eigenvalue weighted by Gasteiger charge is 2.18. The van der Waals surface area contributed by atoms with Crippen LogP contribution in [0.1, 0.15) is 6.85 Å². The number of rotatable bonds is 6. The fraction of sp³-hybridized carbons (Fsp3) is 0. The minimum atomic E-state index is -0.437. The Morgan fingerprint density at radius 3 is 1.69 bits per heavy atom. The maximum absolute atomic E-state index is 8.87. The lowest BCUT2D eigenvalue weighted by Gasteiger charge is -2.14. The molecule has 9 aromatic rings. The van der Waals surface area contributed by atoms with E-state index in [0.717, 1.165) is 61.3 Å². The molecule has 0 amide bonds. The molecule has 0 atom stereocenters. The van der Waals surface area contributed by atoms with Crippen molar-refractivity contribution >= 4 is 16.4 Å². The molecule has 0 bridgehead atoms. The third-order valence-electron chi connectivity index (χ3n) is 8.78. The van der Waals surface area contributed by atoms with Gasteiger partial charge in [-0.15, -0.1) is 10.2 Å². The summed E-state index contributed by atoms with van der Waals surface area (Å²) in [5.74, 6) is 0. The summed E-state index contributed by atoms with van der Waals surface area (Å²) in [4.78, 5) is 5.08. The van der Waals surface area contributed by atoms with E-state index in [0.29, 0.717) is 16.8 Å². The molecule has 0 unspecified atom stereocenters. The number of nitrogens with zero attached hydrogens (tertiary/aromatic N) is 4. The third-order valence-corrected chi connectivity index (χ3v) is 8.78. The maximum Gasteiger partial charge on any atom is 0.137 e. The molecule has 0 saturated carbocycles. The number of imidazole rings is 1. The van der Waals surface area contributed by atoms with E-state index in [4.69, 9.17) is 22.0 Å². The van der Waals surface area contributed by atoms with Gasteiger partial charge in [0.05, 0.1) is 18.2 Å². The summed E-state index contributed by atoms with van der Waals surface area (Å²) >= 11 is 0. The van der Waals surface area contributed by atoms with Gasteiger partial charge in [-0.05, 0) is 58.7 Å². The Hall–Kier alpha value is -6.65. The van der Waals surface area contributed by atoms with E-state index in [1.165, 1.54) is 0 Å². The first kappa shape index (κ1) is 23.6. The molecule has 0 fully saturated rings. The van der Waals surface area contributed by atoms with Gasteiger partial charge in [-0.25, -0.2) is 4.98 Å².